The number of hydrogen-bond donors (Lipinski definition) is 1. The summed E-state index contributed by atoms with van der Waals surface area (Å²) < 4.78 is 1.74. The van der Waals surface area contributed by atoms with Crippen molar-refractivity contribution in [2.24, 2.45) is 5.92 Å². The zero-order valence-corrected chi connectivity index (χ0v) is 15.3. The Balaban J connectivity index is 1.37. The maximum atomic E-state index is 12.7. The molecule has 2 amide bonds. The Morgan fingerprint density at radius 1 is 1.22 bits per heavy atom. The smallest absolute Gasteiger partial charge is 0.276 e. The summed E-state index contributed by atoms with van der Waals surface area (Å²) in [5.74, 6) is 0.199. The van der Waals surface area contributed by atoms with Gasteiger partial charge in [-0.2, -0.15) is 0 Å². The van der Waals surface area contributed by atoms with Crippen LogP contribution in [0.2, 0.25) is 0 Å². The Kier molecular flexibility index (Phi) is 5.15. The van der Waals surface area contributed by atoms with Gasteiger partial charge in [0.05, 0.1) is 6.20 Å². The fourth-order valence-electron chi connectivity index (χ4n) is 3.72. The molecule has 2 aliphatic heterocycles. The molecule has 1 atom stereocenters. The van der Waals surface area contributed by atoms with E-state index in [2.05, 4.69) is 15.6 Å². The molecule has 0 bridgehead atoms. The number of anilines is 1. The fraction of sp³-hybridized carbons (Fsp3) is 0.474. The maximum Gasteiger partial charge on any atom is 0.276 e. The summed E-state index contributed by atoms with van der Waals surface area (Å²) in [4.78, 5) is 28.5. The minimum absolute atomic E-state index is 0.0626. The molecule has 0 spiro atoms. The molecule has 0 saturated carbocycles. The van der Waals surface area contributed by atoms with Crippen molar-refractivity contribution >= 4 is 17.5 Å². The summed E-state index contributed by atoms with van der Waals surface area (Å²) in [6.07, 6.45) is 4.02. The zero-order valence-electron chi connectivity index (χ0n) is 15.3. The average molecular weight is 368 g/mol. The third kappa shape index (κ3) is 4.00. The lowest BCUT2D eigenvalue weighted by molar-refractivity contribution is -0.120. The predicted octanol–water partition coefficient (Wildman–Crippen LogP) is 0.767. The topological polar surface area (TPSA) is 83.4 Å². The van der Waals surface area contributed by atoms with E-state index in [1.165, 1.54) is 6.42 Å². The van der Waals surface area contributed by atoms with Crippen molar-refractivity contribution in [3.05, 3.63) is 42.2 Å². The second-order valence-electron chi connectivity index (χ2n) is 7.15. The minimum Gasteiger partial charge on any atom is -0.326 e. The van der Waals surface area contributed by atoms with E-state index >= 15 is 0 Å². The summed E-state index contributed by atoms with van der Waals surface area (Å²) in [5, 5.41) is 11.5. The van der Waals surface area contributed by atoms with Crippen molar-refractivity contribution in [1.82, 2.24) is 25.2 Å². The van der Waals surface area contributed by atoms with Gasteiger partial charge in [-0.15, -0.1) is 5.10 Å². The number of hydrogen-bond acceptors (Lipinski definition) is 5. The van der Waals surface area contributed by atoms with Gasteiger partial charge in [-0.1, -0.05) is 23.4 Å². The second kappa shape index (κ2) is 7.87. The van der Waals surface area contributed by atoms with Crippen LogP contribution in [0.15, 0.2) is 36.5 Å². The van der Waals surface area contributed by atoms with Gasteiger partial charge in [0.15, 0.2) is 5.69 Å². The molecule has 1 aromatic heterocycles. The fourth-order valence-corrected chi connectivity index (χ4v) is 3.72. The highest BCUT2D eigenvalue weighted by Gasteiger charge is 2.30. The molecule has 3 heterocycles. The Labute approximate surface area is 158 Å². The van der Waals surface area contributed by atoms with E-state index in [0.717, 1.165) is 31.7 Å². The molecule has 2 aromatic rings. The number of nitrogens with one attached hydrogen (secondary N) is 1. The number of carbonyl (C=O) groups is 2. The number of para-hydroxylation sites is 1. The molecule has 0 radical (unpaired) electrons. The average Bonchev–Trinajstić information content (AvgIpc) is 3.17. The van der Waals surface area contributed by atoms with E-state index in [-0.39, 0.29) is 18.4 Å². The van der Waals surface area contributed by atoms with Crippen LogP contribution in [-0.2, 0) is 11.3 Å². The molecule has 0 aliphatic carbocycles. The summed E-state index contributed by atoms with van der Waals surface area (Å²) >= 11 is 0. The number of piperidine rings is 1. The largest absolute Gasteiger partial charge is 0.326 e. The Hall–Kier alpha value is -2.74. The molecular weight excluding hydrogens is 344 g/mol. The number of nitrogens with zero attached hydrogens (tertiary/aromatic N) is 5. The molecule has 4 rings (SSSR count). The molecule has 2 fully saturated rings. The summed E-state index contributed by atoms with van der Waals surface area (Å²) in [7, 11) is 0. The number of rotatable bonds is 4. The van der Waals surface area contributed by atoms with E-state index in [1.54, 1.807) is 20.7 Å². The lowest BCUT2D eigenvalue weighted by Crippen LogP contribution is -2.52. The molecule has 1 N–H and O–H groups in total. The zero-order chi connectivity index (χ0) is 18.6. The molecule has 8 nitrogen and oxygen atoms in total. The van der Waals surface area contributed by atoms with E-state index in [9.17, 15) is 9.59 Å². The third-order valence-corrected chi connectivity index (χ3v) is 5.18. The van der Waals surface area contributed by atoms with Crippen LogP contribution in [0, 0.1) is 5.92 Å². The molecule has 1 aromatic carbocycles. The highest BCUT2D eigenvalue weighted by Crippen LogP contribution is 2.18. The van der Waals surface area contributed by atoms with Gasteiger partial charge in [-0.3, -0.25) is 14.3 Å². The number of benzene rings is 1. The first-order chi connectivity index (χ1) is 13.2. The van der Waals surface area contributed by atoms with Gasteiger partial charge in [0.2, 0.25) is 5.91 Å². The van der Waals surface area contributed by atoms with Crippen molar-refractivity contribution in [2.75, 3.05) is 37.6 Å². The van der Waals surface area contributed by atoms with Crippen LogP contribution < -0.4 is 10.2 Å². The maximum absolute atomic E-state index is 12.7. The van der Waals surface area contributed by atoms with Gasteiger partial charge >= 0.3 is 0 Å². The monoisotopic (exact) mass is 368 g/mol. The number of carbonyl (C=O) groups excluding carboxylic acids is 2. The van der Waals surface area contributed by atoms with Gasteiger partial charge in [0, 0.05) is 25.3 Å². The first kappa shape index (κ1) is 17.7. The molecule has 27 heavy (non-hydrogen) atoms. The Morgan fingerprint density at radius 2 is 2.07 bits per heavy atom. The lowest BCUT2D eigenvalue weighted by atomic mass is 10.00. The van der Waals surface area contributed by atoms with Crippen LogP contribution in [0.1, 0.15) is 23.3 Å². The molecule has 2 saturated heterocycles. The standard InChI is InChI=1S/C19H24N6O2/c26-18-14-23(9-10-25(18)16-6-2-1-3-7-16)19(27)17-13-24(22-21-17)12-15-5-4-8-20-11-15/h1-3,6-7,13,15,20H,4-5,8-12,14H2/t15-/m0/s1. The first-order valence-corrected chi connectivity index (χ1v) is 9.46. The SMILES string of the molecule is O=C(c1cn(C[C@H]2CCCNC2)nn1)N1CCN(c2ccccc2)C(=O)C1. The molecule has 2 aliphatic rings. The van der Waals surface area contributed by atoms with Crippen LogP contribution in [-0.4, -0.2) is 64.4 Å². The van der Waals surface area contributed by atoms with Crippen molar-refractivity contribution in [1.29, 1.82) is 0 Å². The van der Waals surface area contributed by atoms with Crippen molar-refractivity contribution in [3.8, 4) is 0 Å². The quantitative estimate of drug-likeness (QED) is 0.862. The normalized spacial score (nSPS) is 20.7. The van der Waals surface area contributed by atoms with Crippen LogP contribution in [0.4, 0.5) is 5.69 Å². The number of piperazine rings is 1. The van der Waals surface area contributed by atoms with Gasteiger partial charge in [-0.05, 0) is 44.0 Å². The highest BCUT2D eigenvalue weighted by atomic mass is 16.2. The number of amides is 2. The first-order valence-electron chi connectivity index (χ1n) is 9.46. The van der Waals surface area contributed by atoms with Gasteiger partial charge in [-0.25, -0.2) is 0 Å². The lowest BCUT2D eigenvalue weighted by Gasteiger charge is -2.33. The van der Waals surface area contributed by atoms with Crippen LogP contribution in [0.5, 0.6) is 0 Å². The van der Waals surface area contributed by atoms with Crippen molar-refractivity contribution in [2.45, 2.75) is 19.4 Å². The van der Waals surface area contributed by atoms with Crippen LogP contribution in [0.3, 0.4) is 0 Å². The summed E-state index contributed by atoms with van der Waals surface area (Å²) in [5.41, 5.74) is 1.17. The number of aromatic nitrogens is 3. The van der Waals surface area contributed by atoms with E-state index < -0.39 is 0 Å². The van der Waals surface area contributed by atoms with Gasteiger partial charge in [0.25, 0.3) is 5.91 Å². The predicted molar refractivity (Wildman–Crippen MR) is 100 cm³/mol. The van der Waals surface area contributed by atoms with Gasteiger partial charge in [0.1, 0.15) is 6.54 Å². The third-order valence-electron chi connectivity index (χ3n) is 5.18. The highest BCUT2D eigenvalue weighted by molar-refractivity contribution is 6.00. The minimum atomic E-state index is -0.232. The van der Waals surface area contributed by atoms with E-state index in [0.29, 0.717) is 24.7 Å². The Bertz CT molecular complexity index is 800. The van der Waals surface area contributed by atoms with E-state index in [1.807, 2.05) is 30.3 Å². The van der Waals surface area contributed by atoms with Crippen LogP contribution in [0.25, 0.3) is 0 Å². The summed E-state index contributed by atoms with van der Waals surface area (Å²) in [6, 6.07) is 9.53. The molecule has 0 unspecified atom stereocenters. The Morgan fingerprint density at radius 3 is 2.81 bits per heavy atom. The van der Waals surface area contributed by atoms with Crippen molar-refractivity contribution < 1.29 is 9.59 Å². The summed E-state index contributed by atoms with van der Waals surface area (Å²) in [6.45, 7) is 3.83. The van der Waals surface area contributed by atoms with Crippen molar-refractivity contribution in [3.63, 3.8) is 0 Å². The molecular formula is C19H24N6O2. The second-order valence-corrected chi connectivity index (χ2v) is 7.15. The molecule has 8 heteroatoms. The van der Waals surface area contributed by atoms with E-state index in [4.69, 9.17) is 0 Å². The molecule has 142 valence electrons. The van der Waals surface area contributed by atoms with Crippen LogP contribution >= 0.6 is 0 Å². The van der Waals surface area contributed by atoms with Gasteiger partial charge < -0.3 is 15.1 Å².